The Bertz CT molecular complexity index is 736. The van der Waals surface area contributed by atoms with Crippen LogP contribution < -0.4 is 0 Å². The van der Waals surface area contributed by atoms with Gasteiger partial charge in [-0.15, -0.1) is 0 Å². The maximum absolute atomic E-state index is 12.6. The first-order valence-corrected chi connectivity index (χ1v) is 9.35. The number of piperidine rings is 1. The van der Waals surface area contributed by atoms with Gasteiger partial charge in [-0.2, -0.15) is 0 Å². The van der Waals surface area contributed by atoms with E-state index in [2.05, 4.69) is 12.1 Å². The van der Waals surface area contributed by atoms with Crippen molar-refractivity contribution in [3.8, 4) is 5.75 Å². The number of carbonyl (C=O) groups is 1. The molecule has 1 saturated heterocycles. The van der Waals surface area contributed by atoms with E-state index in [0.717, 1.165) is 31.2 Å². The summed E-state index contributed by atoms with van der Waals surface area (Å²) in [5.74, 6) is 0.355. The molecule has 2 N–H and O–H groups in total. The van der Waals surface area contributed by atoms with Crippen LogP contribution in [-0.2, 0) is 6.42 Å². The largest absolute Gasteiger partial charge is 0.508 e. The van der Waals surface area contributed by atoms with Crippen molar-refractivity contribution in [1.82, 2.24) is 4.90 Å². The van der Waals surface area contributed by atoms with Crippen molar-refractivity contribution in [2.45, 2.75) is 38.7 Å². The Kier molecular flexibility index (Phi) is 5.94. The molecule has 0 bridgehead atoms. The zero-order valence-electron chi connectivity index (χ0n) is 15.3. The zero-order chi connectivity index (χ0) is 18.5. The topological polar surface area (TPSA) is 60.8 Å². The third-order valence-corrected chi connectivity index (χ3v) is 5.40. The lowest BCUT2D eigenvalue weighted by Gasteiger charge is -2.34. The third kappa shape index (κ3) is 4.44. The Hall–Kier alpha value is -2.33. The second kappa shape index (κ2) is 8.37. The van der Waals surface area contributed by atoms with Crippen molar-refractivity contribution < 1.29 is 15.0 Å². The van der Waals surface area contributed by atoms with Crippen molar-refractivity contribution in [2.75, 3.05) is 13.1 Å². The van der Waals surface area contributed by atoms with Crippen molar-refractivity contribution in [3.63, 3.8) is 0 Å². The van der Waals surface area contributed by atoms with E-state index in [-0.39, 0.29) is 23.7 Å². The second-order valence-corrected chi connectivity index (χ2v) is 7.22. The Morgan fingerprint density at radius 2 is 1.85 bits per heavy atom. The summed E-state index contributed by atoms with van der Waals surface area (Å²) in [5, 5.41) is 20.3. The van der Waals surface area contributed by atoms with Gasteiger partial charge in [-0.3, -0.25) is 4.79 Å². The average Bonchev–Trinajstić information content (AvgIpc) is 2.68. The third-order valence-electron chi connectivity index (χ3n) is 5.40. The van der Waals surface area contributed by atoms with Crippen LogP contribution in [0.15, 0.2) is 48.5 Å². The van der Waals surface area contributed by atoms with Crippen LogP contribution in [0.3, 0.4) is 0 Å². The van der Waals surface area contributed by atoms with Gasteiger partial charge in [-0.05, 0) is 61.8 Å². The van der Waals surface area contributed by atoms with Gasteiger partial charge in [0.25, 0.3) is 5.91 Å². The van der Waals surface area contributed by atoms with Gasteiger partial charge in [0.05, 0.1) is 6.10 Å². The van der Waals surface area contributed by atoms with Crippen LogP contribution in [-0.4, -0.2) is 40.2 Å². The number of carbonyl (C=O) groups excluding carboxylic acids is 1. The van der Waals surface area contributed by atoms with E-state index in [0.29, 0.717) is 18.7 Å². The van der Waals surface area contributed by atoms with Crippen LogP contribution in [0.25, 0.3) is 0 Å². The maximum atomic E-state index is 12.6. The number of aliphatic hydroxyl groups is 1. The van der Waals surface area contributed by atoms with Gasteiger partial charge in [0.1, 0.15) is 5.75 Å². The zero-order valence-corrected chi connectivity index (χ0v) is 15.3. The highest BCUT2D eigenvalue weighted by Gasteiger charge is 2.28. The van der Waals surface area contributed by atoms with Gasteiger partial charge in [-0.1, -0.05) is 36.4 Å². The number of amides is 1. The van der Waals surface area contributed by atoms with E-state index in [1.165, 1.54) is 5.56 Å². The molecule has 3 rings (SSSR count). The molecule has 138 valence electrons. The molecule has 1 aliphatic rings. The van der Waals surface area contributed by atoms with Gasteiger partial charge in [-0.25, -0.2) is 0 Å². The van der Waals surface area contributed by atoms with Crippen molar-refractivity contribution >= 4 is 5.91 Å². The predicted octanol–water partition coefficient (Wildman–Crippen LogP) is 3.55. The van der Waals surface area contributed by atoms with E-state index < -0.39 is 0 Å². The lowest BCUT2D eigenvalue weighted by molar-refractivity contribution is 0.0436. The molecule has 0 aliphatic carbocycles. The minimum absolute atomic E-state index is 0.0440. The molecule has 2 aromatic carbocycles. The van der Waals surface area contributed by atoms with E-state index in [4.69, 9.17) is 0 Å². The summed E-state index contributed by atoms with van der Waals surface area (Å²) in [6.45, 7) is 3.12. The standard InChI is InChI=1S/C22H27NO3/c1-16-7-9-19(15-21(16)25)22(26)23-13-11-18(12-14-23)20(24)10-8-17-5-3-2-4-6-17/h2-7,9,15,18,20,24-25H,8,10-14H2,1H3. The van der Waals surface area contributed by atoms with Crippen molar-refractivity contribution in [3.05, 3.63) is 65.2 Å². The van der Waals surface area contributed by atoms with Gasteiger partial charge < -0.3 is 15.1 Å². The molecule has 4 heteroatoms. The number of phenols is 1. The minimum Gasteiger partial charge on any atom is -0.508 e. The number of nitrogens with zero attached hydrogens (tertiary/aromatic N) is 1. The predicted molar refractivity (Wildman–Crippen MR) is 102 cm³/mol. The number of aryl methyl sites for hydroxylation is 2. The first-order chi connectivity index (χ1) is 12.5. The molecule has 1 heterocycles. The number of aromatic hydroxyl groups is 1. The molecule has 0 spiro atoms. The number of hydrogen-bond acceptors (Lipinski definition) is 3. The van der Waals surface area contributed by atoms with E-state index in [9.17, 15) is 15.0 Å². The molecular weight excluding hydrogens is 326 g/mol. The summed E-state index contributed by atoms with van der Waals surface area (Å²) in [4.78, 5) is 14.4. The monoisotopic (exact) mass is 353 g/mol. The van der Waals surface area contributed by atoms with Gasteiger partial charge in [0.15, 0.2) is 0 Å². The number of aliphatic hydroxyl groups excluding tert-OH is 1. The highest BCUT2D eigenvalue weighted by Crippen LogP contribution is 2.25. The molecule has 4 nitrogen and oxygen atoms in total. The lowest BCUT2D eigenvalue weighted by atomic mass is 9.88. The SMILES string of the molecule is Cc1ccc(C(=O)N2CCC(C(O)CCc3ccccc3)CC2)cc1O. The van der Waals surface area contributed by atoms with E-state index >= 15 is 0 Å². The Balaban J connectivity index is 1.50. The number of phenolic OH excluding ortho intramolecular Hbond substituents is 1. The molecule has 0 radical (unpaired) electrons. The highest BCUT2D eigenvalue weighted by atomic mass is 16.3. The van der Waals surface area contributed by atoms with Crippen molar-refractivity contribution in [2.24, 2.45) is 5.92 Å². The van der Waals surface area contributed by atoms with Crippen LogP contribution in [0.1, 0.15) is 40.7 Å². The van der Waals surface area contributed by atoms with Gasteiger partial charge >= 0.3 is 0 Å². The van der Waals surface area contributed by atoms with Crippen molar-refractivity contribution in [1.29, 1.82) is 0 Å². The number of likely N-dealkylation sites (tertiary alicyclic amines) is 1. The fraction of sp³-hybridized carbons (Fsp3) is 0.409. The summed E-state index contributed by atoms with van der Waals surface area (Å²) in [6, 6.07) is 15.3. The normalized spacial score (nSPS) is 16.5. The van der Waals surface area contributed by atoms with Crippen LogP contribution in [0, 0.1) is 12.8 Å². The average molecular weight is 353 g/mol. The fourth-order valence-electron chi connectivity index (χ4n) is 3.61. The van der Waals surface area contributed by atoms with Gasteiger partial charge in [0.2, 0.25) is 0 Å². The summed E-state index contributed by atoms with van der Waals surface area (Å²) < 4.78 is 0. The fourth-order valence-corrected chi connectivity index (χ4v) is 3.61. The molecule has 1 unspecified atom stereocenters. The molecule has 26 heavy (non-hydrogen) atoms. The number of hydrogen-bond donors (Lipinski definition) is 2. The summed E-state index contributed by atoms with van der Waals surface area (Å²) >= 11 is 0. The summed E-state index contributed by atoms with van der Waals surface area (Å²) in [5.41, 5.74) is 2.54. The quantitative estimate of drug-likeness (QED) is 0.864. The lowest BCUT2D eigenvalue weighted by Crippen LogP contribution is -2.41. The molecule has 0 aromatic heterocycles. The minimum atomic E-state index is -0.323. The Morgan fingerprint density at radius 1 is 1.15 bits per heavy atom. The van der Waals surface area contributed by atoms with Crippen LogP contribution in [0.5, 0.6) is 5.75 Å². The second-order valence-electron chi connectivity index (χ2n) is 7.22. The first kappa shape index (κ1) is 18.5. The molecule has 1 amide bonds. The number of rotatable bonds is 5. The van der Waals surface area contributed by atoms with Gasteiger partial charge in [0, 0.05) is 18.7 Å². The van der Waals surface area contributed by atoms with Crippen LogP contribution in [0.4, 0.5) is 0 Å². The molecule has 1 aliphatic heterocycles. The van der Waals surface area contributed by atoms with Crippen LogP contribution >= 0.6 is 0 Å². The molecular formula is C22H27NO3. The smallest absolute Gasteiger partial charge is 0.253 e. The highest BCUT2D eigenvalue weighted by molar-refractivity contribution is 5.94. The molecule has 1 fully saturated rings. The van der Waals surface area contributed by atoms with Crippen LogP contribution in [0.2, 0.25) is 0 Å². The molecule has 1 atom stereocenters. The first-order valence-electron chi connectivity index (χ1n) is 9.35. The van der Waals surface area contributed by atoms with E-state index in [1.807, 2.05) is 30.0 Å². The number of benzene rings is 2. The summed E-state index contributed by atoms with van der Waals surface area (Å²) in [7, 11) is 0. The summed E-state index contributed by atoms with van der Waals surface area (Å²) in [6.07, 6.45) is 2.95. The maximum Gasteiger partial charge on any atom is 0.253 e. The molecule has 0 saturated carbocycles. The Morgan fingerprint density at radius 3 is 2.50 bits per heavy atom. The molecule has 2 aromatic rings. The Labute approximate surface area is 155 Å². The van der Waals surface area contributed by atoms with E-state index in [1.54, 1.807) is 18.2 Å².